The van der Waals surface area contributed by atoms with Crippen LogP contribution in [0.2, 0.25) is 0 Å². The third kappa shape index (κ3) is 3.41. The standard InChI is InChI=1S/C27H28F2N4O2/c1-4-15(14-34)10-22(35)21-12-30-13-23(31-21)27-9-8-17(26(27,2)3)16-11-20(32-33-25(16)27)24-18(28)6-5-7-19(24)29/h5-7,11-13,15,17,34H,4,8-10,14H2,1-3H3/t15?,17-,27-/m0/s1. The lowest BCUT2D eigenvalue weighted by molar-refractivity contribution is 0.0927. The van der Waals surface area contributed by atoms with E-state index >= 15 is 0 Å². The number of hydrogen-bond donors (Lipinski definition) is 1. The molecule has 0 spiro atoms. The van der Waals surface area contributed by atoms with Crippen molar-refractivity contribution in [2.45, 2.75) is 57.8 Å². The van der Waals surface area contributed by atoms with Crippen LogP contribution in [0, 0.1) is 23.0 Å². The first kappa shape index (κ1) is 23.6. The Kier molecular flexibility index (Phi) is 5.74. The van der Waals surface area contributed by atoms with Crippen molar-refractivity contribution in [3.63, 3.8) is 0 Å². The number of aliphatic hydroxyl groups excluding tert-OH is 1. The van der Waals surface area contributed by atoms with E-state index in [0.29, 0.717) is 12.1 Å². The third-order valence-electron chi connectivity index (χ3n) is 8.27. The number of hydrogen-bond acceptors (Lipinski definition) is 6. The largest absolute Gasteiger partial charge is 0.396 e. The minimum Gasteiger partial charge on any atom is -0.396 e. The van der Waals surface area contributed by atoms with Gasteiger partial charge in [0.1, 0.15) is 17.3 Å². The summed E-state index contributed by atoms with van der Waals surface area (Å²) in [5, 5.41) is 18.3. The van der Waals surface area contributed by atoms with Crippen molar-refractivity contribution in [3.8, 4) is 11.3 Å². The number of aliphatic hydroxyl groups is 1. The normalized spacial score (nSPS) is 22.7. The predicted octanol–water partition coefficient (Wildman–Crippen LogP) is 5.01. The molecule has 2 bridgehead atoms. The van der Waals surface area contributed by atoms with E-state index in [0.717, 1.165) is 24.1 Å². The van der Waals surface area contributed by atoms with Gasteiger partial charge in [0.25, 0.3) is 0 Å². The highest BCUT2D eigenvalue weighted by Crippen LogP contribution is 2.69. The number of carbonyl (C=O) groups excluding carboxylic acids is 1. The second-order valence-corrected chi connectivity index (χ2v) is 10.2. The van der Waals surface area contributed by atoms with Gasteiger partial charge in [-0.05, 0) is 53.9 Å². The maximum absolute atomic E-state index is 14.5. The zero-order valence-electron chi connectivity index (χ0n) is 20.1. The van der Waals surface area contributed by atoms with Crippen LogP contribution in [0.15, 0.2) is 36.7 Å². The zero-order chi connectivity index (χ0) is 25.0. The van der Waals surface area contributed by atoms with Gasteiger partial charge in [-0.2, -0.15) is 5.10 Å². The molecule has 3 aromatic rings. The molecule has 3 atom stereocenters. The average Bonchev–Trinajstić information content (AvgIpc) is 3.23. The Bertz CT molecular complexity index is 1290. The first-order valence-corrected chi connectivity index (χ1v) is 12.0. The average molecular weight is 479 g/mol. The van der Waals surface area contributed by atoms with Crippen molar-refractivity contribution >= 4 is 5.78 Å². The van der Waals surface area contributed by atoms with Crippen LogP contribution >= 0.6 is 0 Å². The second-order valence-electron chi connectivity index (χ2n) is 10.2. The van der Waals surface area contributed by atoms with Gasteiger partial charge in [-0.15, -0.1) is 5.10 Å². The minimum absolute atomic E-state index is 0.0537. The molecule has 2 aliphatic carbocycles. The monoisotopic (exact) mass is 478 g/mol. The smallest absolute Gasteiger partial charge is 0.183 e. The highest BCUT2D eigenvalue weighted by molar-refractivity contribution is 5.94. The Hall–Kier alpha value is -3.13. The molecule has 2 aromatic heterocycles. The van der Waals surface area contributed by atoms with Crippen LogP contribution in [-0.2, 0) is 5.41 Å². The van der Waals surface area contributed by atoms with Crippen molar-refractivity contribution < 1.29 is 18.7 Å². The van der Waals surface area contributed by atoms with Gasteiger partial charge in [-0.1, -0.05) is 33.3 Å². The van der Waals surface area contributed by atoms with Crippen LogP contribution in [0.3, 0.4) is 0 Å². The van der Waals surface area contributed by atoms with Gasteiger partial charge in [-0.3, -0.25) is 9.78 Å². The maximum Gasteiger partial charge on any atom is 0.183 e. The van der Waals surface area contributed by atoms with Gasteiger partial charge in [0.2, 0.25) is 0 Å². The molecule has 1 unspecified atom stereocenters. The summed E-state index contributed by atoms with van der Waals surface area (Å²) < 4.78 is 28.9. The molecule has 0 saturated heterocycles. The van der Waals surface area contributed by atoms with E-state index in [9.17, 15) is 18.7 Å². The Labute approximate surface area is 202 Å². The molecule has 8 heteroatoms. The summed E-state index contributed by atoms with van der Waals surface area (Å²) in [5.41, 5.74) is 1.64. The first-order valence-electron chi connectivity index (χ1n) is 12.0. The molecule has 35 heavy (non-hydrogen) atoms. The van der Waals surface area contributed by atoms with Crippen molar-refractivity contribution in [1.29, 1.82) is 0 Å². The number of rotatable bonds is 7. The maximum atomic E-state index is 14.5. The summed E-state index contributed by atoms with van der Waals surface area (Å²) >= 11 is 0. The fraction of sp³-hybridized carbons (Fsp3) is 0.444. The van der Waals surface area contributed by atoms with Gasteiger partial charge < -0.3 is 5.11 Å². The number of carbonyl (C=O) groups is 1. The Morgan fingerprint density at radius 2 is 1.94 bits per heavy atom. The fourth-order valence-corrected chi connectivity index (χ4v) is 6.17. The topological polar surface area (TPSA) is 88.9 Å². The fourth-order valence-electron chi connectivity index (χ4n) is 6.17. The van der Waals surface area contributed by atoms with E-state index in [1.54, 1.807) is 12.3 Å². The Morgan fingerprint density at radius 3 is 2.63 bits per heavy atom. The highest BCUT2D eigenvalue weighted by atomic mass is 19.1. The molecule has 0 aliphatic heterocycles. The lowest BCUT2D eigenvalue weighted by atomic mass is 9.66. The van der Waals surface area contributed by atoms with Gasteiger partial charge in [0.05, 0.1) is 34.3 Å². The molecular formula is C27H28F2N4O2. The predicted molar refractivity (Wildman–Crippen MR) is 126 cm³/mol. The number of benzene rings is 1. The van der Waals surface area contributed by atoms with Crippen LogP contribution in [0.4, 0.5) is 8.78 Å². The zero-order valence-corrected chi connectivity index (χ0v) is 20.1. The van der Waals surface area contributed by atoms with E-state index in [2.05, 4.69) is 29.0 Å². The van der Waals surface area contributed by atoms with Gasteiger partial charge in [0, 0.05) is 19.2 Å². The van der Waals surface area contributed by atoms with Crippen LogP contribution in [0.5, 0.6) is 0 Å². The minimum atomic E-state index is -0.679. The Balaban J connectivity index is 1.60. The summed E-state index contributed by atoms with van der Waals surface area (Å²) in [6.45, 7) is 6.17. The molecule has 1 aromatic carbocycles. The number of fused-ring (bicyclic) bond motifs is 5. The summed E-state index contributed by atoms with van der Waals surface area (Å²) in [6.07, 6.45) is 5.68. The molecule has 1 N–H and O–H groups in total. The van der Waals surface area contributed by atoms with E-state index in [1.165, 1.54) is 24.4 Å². The molecule has 1 saturated carbocycles. The highest BCUT2D eigenvalue weighted by Gasteiger charge is 2.65. The molecule has 0 amide bonds. The van der Waals surface area contributed by atoms with Crippen LogP contribution in [0.1, 0.15) is 79.8 Å². The molecule has 6 nitrogen and oxygen atoms in total. The van der Waals surface area contributed by atoms with E-state index in [4.69, 9.17) is 4.98 Å². The van der Waals surface area contributed by atoms with Gasteiger partial charge in [0.15, 0.2) is 5.78 Å². The summed E-state index contributed by atoms with van der Waals surface area (Å²) in [5.74, 6) is -1.53. The van der Waals surface area contributed by atoms with Crippen LogP contribution < -0.4 is 0 Å². The van der Waals surface area contributed by atoms with E-state index in [1.807, 2.05) is 6.92 Å². The molecular weight excluding hydrogens is 450 g/mol. The van der Waals surface area contributed by atoms with Crippen LogP contribution in [-0.4, -0.2) is 37.7 Å². The molecule has 0 radical (unpaired) electrons. The second kappa shape index (κ2) is 8.52. The van der Waals surface area contributed by atoms with Crippen molar-refractivity contribution in [3.05, 3.63) is 70.9 Å². The van der Waals surface area contributed by atoms with Gasteiger partial charge >= 0.3 is 0 Å². The summed E-state index contributed by atoms with van der Waals surface area (Å²) in [6, 6.07) is 5.50. The van der Waals surface area contributed by atoms with Gasteiger partial charge in [-0.25, -0.2) is 13.8 Å². The number of nitrogens with zero attached hydrogens (tertiary/aromatic N) is 4. The van der Waals surface area contributed by atoms with Crippen molar-refractivity contribution in [2.24, 2.45) is 11.3 Å². The van der Waals surface area contributed by atoms with E-state index in [-0.39, 0.29) is 53.0 Å². The van der Waals surface area contributed by atoms with Crippen LogP contribution in [0.25, 0.3) is 11.3 Å². The lowest BCUT2D eigenvalue weighted by Crippen LogP contribution is -2.38. The first-order chi connectivity index (χ1) is 16.7. The Morgan fingerprint density at radius 1 is 1.20 bits per heavy atom. The molecule has 1 fully saturated rings. The molecule has 182 valence electrons. The third-order valence-corrected chi connectivity index (χ3v) is 8.27. The molecule has 2 aliphatic rings. The number of ketones is 1. The van der Waals surface area contributed by atoms with Crippen molar-refractivity contribution in [1.82, 2.24) is 20.2 Å². The summed E-state index contributed by atoms with van der Waals surface area (Å²) in [4.78, 5) is 22.0. The number of Topliss-reactive ketones (excluding diaryl/α,β-unsaturated/α-hetero) is 1. The van der Waals surface area contributed by atoms with E-state index < -0.39 is 17.0 Å². The number of halogens is 2. The summed E-state index contributed by atoms with van der Waals surface area (Å²) in [7, 11) is 0. The quantitative estimate of drug-likeness (QED) is 0.481. The van der Waals surface area contributed by atoms with Crippen molar-refractivity contribution in [2.75, 3.05) is 6.61 Å². The number of aromatic nitrogens is 4. The lowest BCUT2D eigenvalue weighted by Gasteiger charge is -2.37. The molecule has 5 rings (SSSR count). The SMILES string of the molecule is CCC(CO)CC(=O)c1cncc([C@@]23CC[C@@H](c4cc(-c5c(F)cccc5F)nnc42)C3(C)C)n1. The molecule has 2 heterocycles.